The Balaban J connectivity index is 1.37. The van der Waals surface area contributed by atoms with Crippen molar-refractivity contribution in [2.24, 2.45) is 56.2 Å². The van der Waals surface area contributed by atoms with Crippen LogP contribution in [0.3, 0.4) is 0 Å². The van der Waals surface area contributed by atoms with Gasteiger partial charge in [0, 0.05) is 10.8 Å². The van der Waals surface area contributed by atoms with E-state index in [1.165, 1.54) is 51.4 Å². The molecule has 0 radical (unpaired) electrons. The Morgan fingerprint density at radius 2 is 1.53 bits per heavy atom. The molecule has 254 valence electrons. The minimum Gasteiger partial charge on any atom is -0.462 e. The van der Waals surface area contributed by atoms with E-state index in [0.29, 0.717) is 34.5 Å². The fourth-order valence-electron chi connectivity index (χ4n) is 12.3. The van der Waals surface area contributed by atoms with Crippen molar-refractivity contribution in [3.8, 4) is 0 Å². The van der Waals surface area contributed by atoms with Crippen LogP contribution in [0.2, 0.25) is 0 Å². The van der Waals surface area contributed by atoms with E-state index in [9.17, 15) is 9.59 Å². The van der Waals surface area contributed by atoms with Gasteiger partial charge in [0.2, 0.25) is 0 Å². The molecule has 4 nitrogen and oxygen atoms in total. The summed E-state index contributed by atoms with van der Waals surface area (Å²) in [6.45, 7) is 31.1. The van der Waals surface area contributed by atoms with Crippen molar-refractivity contribution in [1.29, 1.82) is 0 Å². The second kappa shape index (κ2) is 11.0. The molecule has 0 amide bonds. The maximum Gasteiger partial charge on any atom is 0.312 e. The van der Waals surface area contributed by atoms with Crippen LogP contribution < -0.4 is 0 Å². The molecule has 4 saturated carbocycles. The Morgan fingerprint density at radius 3 is 2.13 bits per heavy atom. The zero-order chi connectivity index (χ0) is 33.6. The van der Waals surface area contributed by atoms with Gasteiger partial charge in [0.05, 0.1) is 11.8 Å². The van der Waals surface area contributed by atoms with Crippen molar-refractivity contribution in [2.45, 2.75) is 165 Å². The molecule has 0 saturated heterocycles. The first-order chi connectivity index (χ1) is 20.6. The summed E-state index contributed by atoms with van der Waals surface area (Å²) in [7, 11) is 0. The van der Waals surface area contributed by atoms with Gasteiger partial charge in [0.25, 0.3) is 0 Å². The summed E-state index contributed by atoms with van der Waals surface area (Å²) in [5.74, 6) is 1.84. The quantitative estimate of drug-likeness (QED) is 0.218. The lowest BCUT2D eigenvalue weighted by Gasteiger charge is -2.72. The van der Waals surface area contributed by atoms with Crippen molar-refractivity contribution < 1.29 is 19.1 Å². The first-order valence-electron chi connectivity index (χ1n) is 18.4. The third-order valence-corrected chi connectivity index (χ3v) is 14.9. The van der Waals surface area contributed by atoms with Gasteiger partial charge in [-0.1, -0.05) is 65.7 Å². The number of carbonyl (C=O) groups is 2. The lowest BCUT2D eigenvalue weighted by atomic mass is 9.33. The summed E-state index contributed by atoms with van der Waals surface area (Å²) < 4.78 is 11.9. The third kappa shape index (κ3) is 5.29. The Bertz CT molecular complexity index is 1250. The highest BCUT2D eigenvalue weighted by atomic mass is 16.6. The highest BCUT2D eigenvalue weighted by molar-refractivity contribution is 5.83. The highest BCUT2D eigenvalue weighted by Crippen LogP contribution is 2.77. The van der Waals surface area contributed by atoms with Crippen LogP contribution in [0.15, 0.2) is 23.8 Å². The molecule has 0 spiro atoms. The average molecular weight is 623 g/mol. The topological polar surface area (TPSA) is 52.6 Å². The number of allylic oxidation sites excluding steroid dienone is 3. The molecule has 0 unspecified atom stereocenters. The average Bonchev–Trinajstić information content (AvgIpc) is 3.30. The van der Waals surface area contributed by atoms with E-state index in [1.54, 1.807) is 19.4 Å². The van der Waals surface area contributed by atoms with Gasteiger partial charge in [-0.05, 0) is 139 Å². The summed E-state index contributed by atoms with van der Waals surface area (Å²) in [5.41, 5.74) is 2.99. The lowest BCUT2D eigenvalue weighted by molar-refractivity contribution is -0.232. The molecule has 5 aliphatic rings. The van der Waals surface area contributed by atoms with Crippen LogP contribution in [0.25, 0.3) is 0 Å². The molecule has 45 heavy (non-hydrogen) atoms. The molecule has 0 aromatic carbocycles. The number of carbonyl (C=O) groups excluding carboxylic acids is 2. The highest BCUT2D eigenvalue weighted by Gasteiger charge is 2.69. The number of hydrogen-bond donors (Lipinski definition) is 0. The number of esters is 2. The molecule has 0 N–H and O–H groups in total. The molecule has 4 fully saturated rings. The number of ether oxygens (including phenoxy) is 2. The second-order valence-electron chi connectivity index (χ2n) is 19.5. The van der Waals surface area contributed by atoms with Crippen molar-refractivity contribution >= 4 is 11.9 Å². The summed E-state index contributed by atoms with van der Waals surface area (Å²) >= 11 is 0. The molecule has 0 aromatic rings. The zero-order valence-corrected chi connectivity index (χ0v) is 31.1. The molecule has 5 aliphatic carbocycles. The van der Waals surface area contributed by atoms with E-state index in [-0.39, 0.29) is 40.7 Å². The van der Waals surface area contributed by atoms with Crippen LogP contribution in [0.4, 0.5) is 0 Å². The lowest BCUT2D eigenvalue weighted by Crippen LogP contribution is -2.65. The molecular formula is C41H66O4. The molecule has 0 aliphatic heterocycles. The molecule has 5 rings (SSSR count). The van der Waals surface area contributed by atoms with Crippen LogP contribution in [0.1, 0.15) is 154 Å². The fraction of sp³-hybridized carbons (Fsp3) is 0.854. The zero-order valence-electron chi connectivity index (χ0n) is 31.1. The molecule has 8 atom stereocenters. The fourth-order valence-corrected chi connectivity index (χ4v) is 12.3. The summed E-state index contributed by atoms with van der Waals surface area (Å²) in [6.07, 6.45) is 14.4. The van der Waals surface area contributed by atoms with E-state index < -0.39 is 11.0 Å². The van der Waals surface area contributed by atoms with Crippen LogP contribution in [-0.2, 0) is 19.1 Å². The maximum atomic E-state index is 13.4. The van der Waals surface area contributed by atoms with E-state index in [2.05, 4.69) is 61.1 Å². The van der Waals surface area contributed by atoms with Crippen molar-refractivity contribution in [3.63, 3.8) is 0 Å². The van der Waals surface area contributed by atoms with Gasteiger partial charge in [0.15, 0.2) is 0 Å². The normalized spacial score (nSPS) is 41.0. The Labute approximate surface area is 275 Å². The minimum atomic E-state index is -0.925. The van der Waals surface area contributed by atoms with Crippen LogP contribution in [0, 0.1) is 56.2 Å². The molecule has 4 heteroatoms. The van der Waals surface area contributed by atoms with Gasteiger partial charge >= 0.3 is 11.9 Å². The van der Waals surface area contributed by atoms with Gasteiger partial charge in [-0.3, -0.25) is 9.59 Å². The monoisotopic (exact) mass is 622 g/mol. The van der Waals surface area contributed by atoms with Crippen LogP contribution in [0.5, 0.6) is 0 Å². The van der Waals surface area contributed by atoms with Crippen LogP contribution in [-0.4, -0.2) is 23.6 Å². The van der Waals surface area contributed by atoms with E-state index >= 15 is 0 Å². The molecule has 0 heterocycles. The summed E-state index contributed by atoms with van der Waals surface area (Å²) in [5, 5.41) is 0. The molecule has 0 bridgehead atoms. The van der Waals surface area contributed by atoms with Gasteiger partial charge < -0.3 is 9.47 Å². The molecule has 0 aromatic heterocycles. The Kier molecular flexibility index (Phi) is 8.48. The molecular weight excluding hydrogens is 556 g/mol. The predicted molar refractivity (Wildman–Crippen MR) is 183 cm³/mol. The van der Waals surface area contributed by atoms with E-state index in [0.717, 1.165) is 12.8 Å². The maximum absolute atomic E-state index is 13.4. The van der Waals surface area contributed by atoms with Crippen molar-refractivity contribution in [3.05, 3.63) is 23.8 Å². The van der Waals surface area contributed by atoms with E-state index in [1.807, 2.05) is 26.3 Å². The van der Waals surface area contributed by atoms with Gasteiger partial charge in [-0.2, -0.15) is 0 Å². The van der Waals surface area contributed by atoms with Crippen molar-refractivity contribution in [1.82, 2.24) is 0 Å². The predicted octanol–water partition coefficient (Wildman–Crippen LogP) is 10.6. The summed E-state index contributed by atoms with van der Waals surface area (Å²) in [6, 6.07) is 0. The van der Waals surface area contributed by atoms with Gasteiger partial charge in [0.1, 0.15) is 11.7 Å². The van der Waals surface area contributed by atoms with Crippen LogP contribution >= 0.6 is 0 Å². The van der Waals surface area contributed by atoms with Gasteiger partial charge in [-0.15, -0.1) is 6.58 Å². The third-order valence-electron chi connectivity index (χ3n) is 14.9. The first kappa shape index (κ1) is 34.7. The Hall–Kier alpha value is -1.58. The summed E-state index contributed by atoms with van der Waals surface area (Å²) in [4.78, 5) is 26.2. The standard InChI is InChI=1S/C41H66O4/c1-14-41-22-17-27(26(2)3)33(41)28-15-16-30-38(11)20-19-31(44-32(42)25-36(7,8)34(43)45-35(4,5)6)37(9,10)29(38)18-21-40(30,13)39(28,12)23-24-41/h14,26,28-31H,1,15-25H2,2-13H3/t28-,29+,30-,31+,38+,39-,40-,41-/m1/s1. The van der Waals surface area contributed by atoms with Crippen molar-refractivity contribution in [2.75, 3.05) is 0 Å². The number of fused-ring (bicyclic) bond motifs is 7. The first-order valence-corrected chi connectivity index (χ1v) is 18.4. The Morgan fingerprint density at radius 1 is 0.867 bits per heavy atom. The largest absolute Gasteiger partial charge is 0.462 e. The smallest absolute Gasteiger partial charge is 0.312 e. The minimum absolute atomic E-state index is 0.0390. The number of hydrogen-bond acceptors (Lipinski definition) is 4. The van der Waals surface area contributed by atoms with E-state index in [4.69, 9.17) is 9.47 Å². The van der Waals surface area contributed by atoms with Gasteiger partial charge in [-0.25, -0.2) is 0 Å². The number of rotatable bonds is 6. The second-order valence-corrected chi connectivity index (χ2v) is 19.5. The SMILES string of the molecule is C=C[C@]12CCC(C(C)C)=C1[C@H]1CC[C@@H]3[C@@]4(C)CC[C@H](OC(=O)CC(C)(C)C(=O)OC(C)(C)C)C(C)(C)[C@@H]4CC[C@@]3(C)[C@]1(C)CC2.